The Labute approximate surface area is 115 Å². The number of aromatic nitrogens is 2. The molecule has 2 N–H and O–H groups in total. The van der Waals surface area contributed by atoms with Gasteiger partial charge in [-0.1, -0.05) is 24.3 Å². The van der Waals surface area contributed by atoms with E-state index in [9.17, 15) is 0 Å². The Morgan fingerprint density at radius 2 is 2.00 bits per heavy atom. The SMILES string of the molecule is Cc1cccn2c(N)c(-c3coc4ccccc34)nc12. The van der Waals surface area contributed by atoms with Crippen LogP contribution < -0.4 is 5.73 Å². The van der Waals surface area contributed by atoms with Gasteiger partial charge in [0.25, 0.3) is 0 Å². The van der Waals surface area contributed by atoms with E-state index in [2.05, 4.69) is 4.98 Å². The van der Waals surface area contributed by atoms with Gasteiger partial charge >= 0.3 is 0 Å². The summed E-state index contributed by atoms with van der Waals surface area (Å²) in [6.45, 7) is 2.03. The lowest BCUT2D eigenvalue weighted by Crippen LogP contribution is -1.94. The van der Waals surface area contributed by atoms with Crippen molar-refractivity contribution in [3.63, 3.8) is 0 Å². The van der Waals surface area contributed by atoms with Gasteiger partial charge in [0.15, 0.2) is 0 Å². The average molecular weight is 263 g/mol. The van der Waals surface area contributed by atoms with Gasteiger partial charge in [-0.25, -0.2) is 4.98 Å². The number of nitrogens with zero attached hydrogens (tertiary/aromatic N) is 2. The average Bonchev–Trinajstić information content (AvgIpc) is 3.02. The lowest BCUT2D eigenvalue weighted by molar-refractivity contribution is 0.617. The van der Waals surface area contributed by atoms with Crippen molar-refractivity contribution in [3.8, 4) is 11.3 Å². The molecule has 0 radical (unpaired) electrons. The fourth-order valence-electron chi connectivity index (χ4n) is 2.58. The molecule has 0 aliphatic rings. The zero-order valence-electron chi connectivity index (χ0n) is 11.0. The van der Waals surface area contributed by atoms with Crippen LogP contribution in [0, 0.1) is 6.92 Å². The molecule has 0 atom stereocenters. The minimum atomic E-state index is 0.634. The molecule has 3 aromatic heterocycles. The summed E-state index contributed by atoms with van der Waals surface area (Å²) in [6.07, 6.45) is 3.65. The maximum atomic E-state index is 6.25. The number of benzene rings is 1. The van der Waals surface area contributed by atoms with Crippen LogP contribution in [0.25, 0.3) is 27.9 Å². The van der Waals surface area contributed by atoms with E-state index in [1.807, 2.05) is 53.9 Å². The molecule has 20 heavy (non-hydrogen) atoms. The summed E-state index contributed by atoms with van der Waals surface area (Å²) < 4.78 is 7.49. The van der Waals surface area contributed by atoms with Gasteiger partial charge in [0, 0.05) is 11.6 Å². The largest absolute Gasteiger partial charge is 0.464 e. The molecule has 4 rings (SSSR count). The molecule has 0 fully saturated rings. The van der Waals surface area contributed by atoms with Crippen LogP contribution in [-0.4, -0.2) is 9.38 Å². The van der Waals surface area contributed by atoms with E-state index in [4.69, 9.17) is 10.2 Å². The Hall–Kier alpha value is -2.75. The van der Waals surface area contributed by atoms with Gasteiger partial charge in [-0.15, -0.1) is 0 Å². The van der Waals surface area contributed by atoms with Crippen molar-refractivity contribution in [2.75, 3.05) is 5.73 Å². The summed E-state index contributed by atoms with van der Waals surface area (Å²) in [7, 11) is 0. The fourth-order valence-corrected chi connectivity index (χ4v) is 2.58. The number of anilines is 1. The van der Waals surface area contributed by atoms with Crippen molar-refractivity contribution in [1.82, 2.24) is 9.38 Å². The molecule has 0 spiro atoms. The van der Waals surface area contributed by atoms with Gasteiger partial charge in [-0.2, -0.15) is 0 Å². The van der Waals surface area contributed by atoms with Crippen LogP contribution >= 0.6 is 0 Å². The molecule has 0 aliphatic carbocycles. The molecule has 3 heterocycles. The first-order valence-electron chi connectivity index (χ1n) is 6.45. The van der Waals surface area contributed by atoms with Gasteiger partial charge in [0.2, 0.25) is 0 Å². The Kier molecular flexibility index (Phi) is 2.15. The van der Waals surface area contributed by atoms with Crippen molar-refractivity contribution in [2.45, 2.75) is 6.92 Å². The van der Waals surface area contributed by atoms with Crippen molar-refractivity contribution < 1.29 is 4.42 Å². The van der Waals surface area contributed by atoms with Crippen molar-refractivity contribution >= 4 is 22.4 Å². The summed E-state index contributed by atoms with van der Waals surface area (Å²) in [6, 6.07) is 11.9. The van der Waals surface area contributed by atoms with E-state index < -0.39 is 0 Å². The Balaban J connectivity index is 2.08. The molecule has 0 amide bonds. The first-order valence-corrected chi connectivity index (χ1v) is 6.45. The van der Waals surface area contributed by atoms with Crippen LogP contribution in [0.5, 0.6) is 0 Å². The van der Waals surface area contributed by atoms with Gasteiger partial charge in [-0.3, -0.25) is 4.40 Å². The number of hydrogen-bond acceptors (Lipinski definition) is 3. The number of pyridine rings is 1. The minimum Gasteiger partial charge on any atom is -0.464 e. The summed E-state index contributed by atoms with van der Waals surface area (Å²) in [4.78, 5) is 4.68. The number of furan rings is 1. The normalized spacial score (nSPS) is 11.4. The first-order chi connectivity index (χ1) is 9.75. The highest BCUT2D eigenvalue weighted by molar-refractivity contribution is 5.96. The molecule has 4 heteroatoms. The maximum Gasteiger partial charge on any atom is 0.142 e. The number of imidazole rings is 1. The third kappa shape index (κ3) is 1.39. The Bertz CT molecular complexity index is 933. The molecule has 0 saturated carbocycles. The van der Waals surface area contributed by atoms with Gasteiger partial charge in [0.05, 0.1) is 5.56 Å². The molecule has 4 aromatic rings. The second kappa shape index (κ2) is 3.87. The summed E-state index contributed by atoms with van der Waals surface area (Å²) in [5.41, 5.74) is 10.8. The van der Waals surface area contributed by atoms with Gasteiger partial charge in [-0.05, 0) is 24.6 Å². The molecule has 0 aliphatic heterocycles. The van der Waals surface area contributed by atoms with Crippen LogP contribution in [0.4, 0.5) is 5.82 Å². The predicted octanol–water partition coefficient (Wildman–Crippen LogP) is 3.64. The predicted molar refractivity (Wildman–Crippen MR) is 79.5 cm³/mol. The van der Waals surface area contributed by atoms with Crippen LogP contribution in [0.3, 0.4) is 0 Å². The smallest absolute Gasteiger partial charge is 0.142 e. The number of rotatable bonds is 1. The zero-order valence-corrected chi connectivity index (χ0v) is 11.0. The number of aryl methyl sites for hydroxylation is 1. The number of nitrogens with two attached hydrogens (primary N) is 1. The maximum absolute atomic E-state index is 6.25. The topological polar surface area (TPSA) is 56.5 Å². The molecule has 0 bridgehead atoms. The van der Waals surface area contributed by atoms with Crippen molar-refractivity contribution in [2.24, 2.45) is 0 Å². The molecular weight excluding hydrogens is 250 g/mol. The quantitative estimate of drug-likeness (QED) is 0.570. The van der Waals surface area contributed by atoms with Crippen LogP contribution in [0.2, 0.25) is 0 Å². The first kappa shape index (κ1) is 11.1. The second-order valence-corrected chi connectivity index (χ2v) is 4.88. The third-order valence-corrected chi connectivity index (χ3v) is 3.62. The zero-order chi connectivity index (χ0) is 13.7. The van der Waals surface area contributed by atoms with Crippen molar-refractivity contribution in [3.05, 3.63) is 54.4 Å². The Morgan fingerprint density at radius 3 is 2.85 bits per heavy atom. The highest BCUT2D eigenvalue weighted by Crippen LogP contribution is 2.34. The van der Waals surface area contributed by atoms with Crippen LogP contribution in [0.15, 0.2) is 53.3 Å². The van der Waals surface area contributed by atoms with Gasteiger partial charge < -0.3 is 10.2 Å². The summed E-state index contributed by atoms with van der Waals surface area (Å²) >= 11 is 0. The van der Waals surface area contributed by atoms with E-state index in [1.165, 1.54) is 0 Å². The van der Waals surface area contributed by atoms with Gasteiger partial charge in [0.1, 0.15) is 29.0 Å². The monoisotopic (exact) mass is 263 g/mol. The van der Waals surface area contributed by atoms with E-state index in [-0.39, 0.29) is 0 Å². The Morgan fingerprint density at radius 1 is 1.15 bits per heavy atom. The highest BCUT2D eigenvalue weighted by atomic mass is 16.3. The second-order valence-electron chi connectivity index (χ2n) is 4.88. The number of nitrogen functional groups attached to an aromatic ring is 1. The lowest BCUT2D eigenvalue weighted by Gasteiger charge is -1.98. The van der Waals surface area contributed by atoms with E-state index in [0.717, 1.165) is 33.4 Å². The lowest BCUT2D eigenvalue weighted by atomic mass is 10.1. The van der Waals surface area contributed by atoms with Crippen molar-refractivity contribution in [1.29, 1.82) is 0 Å². The summed E-state index contributed by atoms with van der Waals surface area (Å²) in [5.74, 6) is 0.634. The summed E-state index contributed by atoms with van der Waals surface area (Å²) in [5, 5.41) is 1.03. The molecule has 98 valence electrons. The molecule has 0 saturated heterocycles. The standard InChI is InChI=1S/C16H13N3O/c1-10-5-4-8-19-15(17)14(18-16(10)19)12-9-20-13-7-3-2-6-11(12)13/h2-9H,17H2,1H3. The third-order valence-electron chi connectivity index (χ3n) is 3.62. The van der Waals surface area contributed by atoms with E-state index >= 15 is 0 Å². The number of para-hydroxylation sites is 1. The van der Waals surface area contributed by atoms with Crippen LogP contribution in [-0.2, 0) is 0 Å². The molecule has 4 nitrogen and oxygen atoms in total. The molecule has 0 unspecified atom stereocenters. The van der Waals surface area contributed by atoms with Crippen LogP contribution in [0.1, 0.15) is 5.56 Å². The van der Waals surface area contributed by atoms with E-state index in [1.54, 1.807) is 6.26 Å². The minimum absolute atomic E-state index is 0.634. The van der Waals surface area contributed by atoms with E-state index in [0.29, 0.717) is 5.82 Å². The molecule has 1 aromatic carbocycles. The number of fused-ring (bicyclic) bond motifs is 2. The highest BCUT2D eigenvalue weighted by Gasteiger charge is 2.16. The molecular formula is C16H13N3O. The fraction of sp³-hybridized carbons (Fsp3) is 0.0625. The number of hydrogen-bond donors (Lipinski definition) is 1.